The Morgan fingerprint density at radius 3 is 2.76 bits per heavy atom. The summed E-state index contributed by atoms with van der Waals surface area (Å²) >= 11 is 5.90. The summed E-state index contributed by atoms with van der Waals surface area (Å²) in [6.07, 6.45) is 1.15. The molecule has 1 atom stereocenters. The van der Waals surface area contributed by atoms with Crippen molar-refractivity contribution in [1.82, 2.24) is 4.98 Å². The van der Waals surface area contributed by atoms with E-state index in [2.05, 4.69) is 10.3 Å². The zero-order chi connectivity index (χ0) is 15.4. The van der Waals surface area contributed by atoms with Crippen LogP contribution in [0.1, 0.15) is 29.0 Å². The van der Waals surface area contributed by atoms with E-state index < -0.39 is 11.8 Å². The second-order valence-corrected chi connectivity index (χ2v) is 4.89. The van der Waals surface area contributed by atoms with Crippen LogP contribution in [0, 0.1) is 5.82 Å². The highest BCUT2D eigenvalue weighted by atomic mass is 35.5. The number of anilines is 1. The lowest BCUT2D eigenvalue weighted by Crippen LogP contribution is -2.12. The molecule has 2 aromatic rings. The number of hydrogen-bond acceptors (Lipinski definition) is 4. The molecule has 0 aliphatic heterocycles. The standard InChI is InChI=1S/C15H14ClFN2O2/c1-9(13-6-4-11(17)8-18-13)19-14-5-3-10(16)7-12(14)15(20)21-2/h3-9,19H,1-2H3. The molecule has 0 spiro atoms. The van der Waals surface area contributed by atoms with Crippen molar-refractivity contribution in [2.75, 3.05) is 12.4 Å². The number of methoxy groups -OCH3 is 1. The molecule has 2 rings (SSSR count). The predicted octanol–water partition coefficient (Wildman–Crippen LogP) is 3.83. The molecule has 0 radical (unpaired) electrons. The Morgan fingerprint density at radius 1 is 1.38 bits per heavy atom. The quantitative estimate of drug-likeness (QED) is 0.872. The summed E-state index contributed by atoms with van der Waals surface area (Å²) in [6.45, 7) is 1.86. The van der Waals surface area contributed by atoms with Gasteiger partial charge >= 0.3 is 5.97 Å². The van der Waals surface area contributed by atoms with Crippen molar-refractivity contribution in [1.29, 1.82) is 0 Å². The highest BCUT2D eigenvalue weighted by molar-refractivity contribution is 6.31. The molecule has 1 aromatic heterocycles. The predicted molar refractivity (Wildman–Crippen MR) is 79.0 cm³/mol. The van der Waals surface area contributed by atoms with E-state index in [4.69, 9.17) is 16.3 Å². The summed E-state index contributed by atoms with van der Waals surface area (Å²) in [4.78, 5) is 15.8. The molecule has 0 saturated carbocycles. The van der Waals surface area contributed by atoms with E-state index in [1.165, 1.54) is 19.2 Å². The van der Waals surface area contributed by atoms with Crippen LogP contribution in [0.25, 0.3) is 0 Å². The molecule has 0 fully saturated rings. The minimum atomic E-state index is -0.487. The van der Waals surface area contributed by atoms with Gasteiger partial charge in [0.2, 0.25) is 0 Å². The smallest absolute Gasteiger partial charge is 0.340 e. The summed E-state index contributed by atoms with van der Waals surface area (Å²) in [5.41, 5.74) is 1.56. The number of hydrogen-bond donors (Lipinski definition) is 1. The Hall–Kier alpha value is -2.14. The van der Waals surface area contributed by atoms with Crippen LogP contribution in [-0.2, 0) is 4.74 Å². The number of ether oxygens (including phenoxy) is 1. The van der Waals surface area contributed by atoms with Gasteiger partial charge in [-0.1, -0.05) is 11.6 Å². The van der Waals surface area contributed by atoms with E-state index in [0.29, 0.717) is 22.0 Å². The van der Waals surface area contributed by atoms with Crippen molar-refractivity contribution in [2.45, 2.75) is 13.0 Å². The first-order valence-corrected chi connectivity index (χ1v) is 6.65. The van der Waals surface area contributed by atoms with Crippen LogP contribution in [-0.4, -0.2) is 18.1 Å². The molecule has 1 heterocycles. The second-order valence-electron chi connectivity index (χ2n) is 4.45. The minimum absolute atomic E-state index is 0.213. The number of nitrogens with zero attached hydrogens (tertiary/aromatic N) is 1. The summed E-state index contributed by atoms with van der Waals surface area (Å²) in [7, 11) is 1.30. The van der Waals surface area contributed by atoms with Gasteiger partial charge in [0.25, 0.3) is 0 Å². The van der Waals surface area contributed by atoms with E-state index in [0.717, 1.165) is 6.20 Å². The largest absolute Gasteiger partial charge is 0.465 e. The molecule has 4 nitrogen and oxygen atoms in total. The molecule has 0 saturated heterocycles. The fourth-order valence-corrected chi connectivity index (χ4v) is 2.04. The third-order valence-corrected chi connectivity index (χ3v) is 3.19. The maximum absolute atomic E-state index is 12.9. The van der Waals surface area contributed by atoms with Crippen LogP contribution in [0.4, 0.5) is 10.1 Å². The second kappa shape index (κ2) is 6.54. The third kappa shape index (κ3) is 3.70. The summed E-state index contributed by atoms with van der Waals surface area (Å²) in [5, 5.41) is 3.58. The highest BCUT2D eigenvalue weighted by Gasteiger charge is 2.15. The zero-order valence-corrected chi connectivity index (χ0v) is 12.3. The van der Waals surface area contributed by atoms with Gasteiger partial charge in [0.15, 0.2) is 0 Å². The number of aromatic nitrogens is 1. The number of carbonyl (C=O) groups is 1. The fraction of sp³-hybridized carbons (Fsp3) is 0.200. The number of benzene rings is 1. The summed E-state index contributed by atoms with van der Waals surface area (Å²) < 4.78 is 17.6. The molecule has 21 heavy (non-hydrogen) atoms. The number of halogens is 2. The van der Waals surface area contributed by atoms with E-state index in [1.54, 1.807) is 18.2 Å². The van der Waals surface area contributed by atoms with Crippen LogP contribution in [0.5, 0.6) is 0 Å². The van der Waals surface area contributed by atoms with E-state index in [1.807, 2.05) is 6.92 Å². The maximum atomic E-state index is 12.9. The Labute approximate surface area is 126 Å². The van der Waals surface area contributed by atoms with E-state index in [9.17, 15) is 9.18 Å². The molecule has 0 amide bonds. The molecule has 1 unspecified atom stereocenters. The first kappa shape index (κ1) is 15.3. The SMILES string of the molecule is COC(=O)c1cc(Cl)ccc1NC(C)c1ccc(F)cn1. The highest BCUT2D eigenvalue weighted by Crippen LogP contribution is 2.25. The van der Waals surface area contributed by atoms with Crippen LogP contribution in [0.3, 0.4) is 0 Å². The van der Waals surface area contributed by atoms with Crippen LogP contribution < -0.4 is 5.32 Å². The Morgan fingerprint density at radius 2 is 2.14 bits per heavy atom. The number of rotatable bonds is 4. The summed E-state index contributed by atoms with van der Waals surface area (Å²) in [6, 6.07) is 7.59. The Bertz CT molecular complexity index is 647. The van der Waals surface area contributed by atoms with E-state index >= 15 is 0 Å². The van der Waals surface area contributed by atoms with Crippen molar-refractivity contribution in [3.8, 4) is 0 Å². The van der Waals surface area contributed by atoms with Gasteiger partial charge in [-0.05, 0) is 37.3 Å². The first-order chi connectivity index (χ1) is 10.0. The van der Waals surface area contributed by atoms with Gasteiger partial charge in [-0.3, -0.25) is 4.98 Å². The van der Waals surface area contributed by atoms with E-state index in [-0.39, 0.29) is 6.04 Å². The van der Waals surface area contributed by atoms with Crippen molar-refractivity contribution >= 4 is 23.3 Å². The first-order valence-electron chi connectivity index (χ1n) is 6.27. The normalized spacial score (nSPS) is 11.8. The average molecular weight is 309 g/mol. The topological polar surface area (TPSA) is 51.2 Å². The molecular weight excluding hydrogens is 295 g/mol. The average Bonchev–Trinajstić information content (AvgIpc) is 2.48. The van der Waals surface area contributed by atoms with Gasteiger partial charge < -0.3 is 10.1 Å². The fourth-order valence-electron chi connectivity index (χ4n) is 1.87. The zero-order valence-electron chi connectivity index (χ0n) is 11.6. The van der Waals surface area contributed by atoms with Gasteiger partial charge in [0.1, 0.15) is 5.82 Å². The number of pyridine rings is 1. The van der Waals surface area contributed by atoms with Gasteiger partial charge in [0, 0.05) is 10.7 Å². The van der Waals surface area contributed by atoms with Gasteiger partial charge in [0.05, 0.1) is 30.6 Å². The Kier molecular flexibility index (Phi) is 4.75. The van der Waals surface area contributed by atoms with Crippen LogP contribution in [0.15, 0.2) is 36.5 Å². The monoisotopic (exact) mass is 308 g/mol. The number of nitrogens with one attached hydrogen (secondary N) is 1. The molecule has 1 N–H and O–H groups in total. The lowest BCUT2D eigenvalue weighted by molar-refractivity contribution is 0.0602. The molecule has 0 bridgehead atoms. The molecule has 6 heteroatoms. The van der Waals surface area contributed by atoms with Crippen molar-refractivity contribution in [3.63, 3.8) is 0 Å². The minimum Gasteiger partial charge on any atom is -0.465 e. The lowest BCUT2D eigenvalue weighted by atomic mass is 10.1. The van der Waals surface area contributed by atoms with Gasteiger partial charge in [-0.2, -0.15) is 0 Å². The van der Waals surface area contributed by atoms with Crippen LogP contribution >= 0.6 is 11.6 Å². The molecule has 110 valence electrons. The number of carbonyl (C=O) groups excluding carboxylic acids is 1. The molecular formula is C15H14ClFN2O2. The Balaban J connectivity index is 2.26. The number of esters is 1. The van der Waals surface area contributed by atoms with Gasteiger partial charge in [-0.25, -0.2) is 9.18 Å². The molecule has 0 aliphatic carbocycles. The van der Waals surface area contributed by atoms with Crippen LogP contribution in [0.2, 0.25) is 5.02 Å². The molecule has 1 aromatic carbocycles. The van der Waals surface area contributed by atoms with Crippen molar-refractivity contribution in [2.24, 2.45) is 0 Å². The van der Waals surface area contributed by atoms with Crippen molar-refractivity contribution < 1.29 is 13.9 Å². The maximum Gasteiger partial charge on any atom is 0.340 e. The third-order valence-electron chi connectivity index (χ3n) is 2.95. The molecule has 0 aliphatic rings. The summed E-state index contributed by atoms with van der Waals surface area (Å²) in [5.74, 6) is -0.882. The lowest BCUT2D eigenvalue weighted by Gasteiger charge is -2.17. The van der Waals surface area contributed by atoms with Gasteiger partial charge in [-0.15, -0.1) is 0 Å². The van der Waals surface area contributed by atoms with Crippen molar-refractivity contribution in [3.05, 3.63) is 58.6 Å².